The number of fused-ring (bicyclic) bond motifs is 1. The predicted molar refractivity (Wildman–Crippen MR) is 183 cm³/mol. The monoisotopic (exact) mass is 610 g/mol. The standard InChI is InChI=1S/C33H42N10S/c1-5-23-21-25(7-10-29(23)43-15-11-26(12-16-43)42-19-17-41(4)18-20-42)38-33-37-22-24(6-2)32(40-33)39-28-9-8-27-30(31(28)44-34-3)36-14-13-35-27/h6-10,13-14,21-22,26,34H,2,5,11-12,15-20H2,1,3-4H3,(H2,37,38,39,40). The average molecular weight is 611 g/mol. The molecule has 0 bridgehead atoms. The number of anilines is 5. The largest absolute Gasteiger partial charge is 0.371 e. The molecule has 0 radical (unpaired) electrons. The molecule has 2 aliphatic rings. The van der Waals surface area contributed by atoms with E-state index in [9.17, 15) is 0 Å². The first kappa shape index (κ1) is 30.3. The fourth-order valence-corrected chi connectivity index (χ4v) is 6.87. The van der Waals surface area contributed by atoms with Gasteiger partial charge >= 0.3 is 0 Å². The summed E-state index contributed by atoms with van der Waals surface area (Å²) in [7, 11) is 4.11. The van der Waals surface area contributed by atoms with E-state index in [2.05, 4.69) is 83.8 Å². The Morgan fingerprint density at radius 2 is 1.77 bits per heavy atom. The molecule has 2 aromatic heterocycles. The van der Waals surface area contributed by atoms with Gasteiger partial charge in [-0.2, -0.15) is 4.98 Å². The highest BCUT2D eigenvalue weighted by Crippen LogP contribution is 2.34. The number of nitrogens with one attached hydrogen (secondary N) is 3. The molecule has 2 fully saturated rings. The lowest BCUT2D eigenvalue weighted by atomic mass is 10.00. The Morgan fingerprint density at radius 3 is 2.52 bits per heavy atom. The van der Waals surface area contributed by atoms with Gasteiger partial charge < -0.3 is 20.4 Å². The molecular formula is C33H42N10S. The molecule has 0 saturated carbocycles. The van der Waals surface area contributed by atoms with Gasteiger partial charge in [0.15, 0.2) is 0 Å². The van der Waals surface area contributed by atoms with Crippen molar-refractivity contribution in [2.24, 2.45) is 0 Å². The van der Waals surface area contributed by atoms with Gasteiger partial charge in [0.05, 0.1) is 16.1 Å². The van der Waals surface area contributed by atoms with Crippen LogP contribution >= 0.6 is 11.9 Å². The fourth-order valence-electron chi connectivity index (χ4n) is 6.19. The first-order valence-corrected chi connectivity index (χ1v) is 16.3. The van der Waals surface area contributed by atoms with E-state index >= 15 is 0 Å². The Balaban J connectivity index is 1.17. The maximum Gasteiger partial charge on any atom is 0.229 e. The van der Waals surface area contributed by atoms with Crippen LogP contribution in [0.3, 0.4) is 0 Å². The van der Waals surface area contributed by atoms with Crippen molar-refractivity contribution in [3.05, 3.63) is 66.6 Å². The van der Waals surface area contributed by atoms with E-state index in [4.69, 9.17) is 4.98 Å². The zero-order valence-corrected chi connectivity index (χ0v) is 26.7. The summed E-state index contributed by atoms with van der Waals surface area (Å²) >= 11 is 1.49. The fraction of sp³-hybridized carbons (Fsp3) is 0.394. The molecule has 3 N–H and O–H groups in total. The SMILES string of the molecule is C=Cc1cnc(Nc2ccc(N3CCC(N4CCN(C)CC4)CC3)c(CC)c2)nc1Nc1ccc2nccnc2c1SNC. The van der Waals surface area contributed by atoms with Crippen molar-refractivity contribution >= 4 is 57.9 Å². The summed E-state index contributed by atoms with van der Waals surface area (Å²) in [5, 5.41) is 6.94. The predicted octanol–water partition coefficient (Wildman–Crippen LogP) is 5.56. The highest BCUT2D eigenvalue weighted by atomic mass is 32.2. The molecule has 11 heteroatoms. The van der Waals surface area contributed by atoms with Crippen molar-refractivity contribution in [2.75, 3.05) is 68.9 Å². The highest BCUT2D eigenvalue weighted by Gasteiger charge is 2.27. The number of piperazine rings is 1. The quantitative estimate of drug-likeness (QED) is 0.197. The third-order valence-electron chi connectivity index (χ3n) is 8.66. The smallest absolute Gasteiger partial charge is 0.229 e. The average Bonchev–Trinajstić information content (AvgIpc) is 3.06. The van der Waals surface area contributed by atoms with Crippen LogP contribution in [0, 0.1) is 0 Å². The van der Waals surface area contributed by atoms with E-state index in [0.717, 1.165) is 52.4 Å². The Bertz CT molecular complexity index is 1600. The summed E-state index contributed by atoms with van der Waals surface area (Å²) in [5.74, 6) is 1.18. The van der Waals surface area contributed by atoms with Gasteiger partial charge in [-0.05, 0) is 81.2 Å². The minimum absolute atomic E-state index is 0.518. The lowest BCUT2D eigenvalue weighted by Gasteiger charge is -2.43. The van der Waals surface area contributed by atoms with Crippen LogP contribution in [0.1, 0.15) is 30.9 Å². The first-order chi connectivity index (χ1) is 21.6. The molecule has 0 unspecified atom stereocenters. The summed E-state index contributed by atoms with van der Waals surface area (Å²) < 4.78 is 3.17. The summed E-state index contributed by atoms with van der Waals surface area (Å²) in [5.41, 5.74) is 6.98. The topological polar surface area (TPSA) is 97.4 Å². The molecule has 6 rings (SSSR count). The molecule has 0 amide bonds. The minimum atomic E-state index is 0.518. The molecular weight excluding hydrogens is 569 g/mol. The Labute approximate surface area is 264 Å². The van der Waals surface area contributed by atoms with Crippen molar-refractivity contribution in [1.29, 1.82) is 0 Å². The van der Waals surface area contributed by atoms with Crippen LogP contribution in [0.15, 0.2) is 60.4 Å². The van der Waals surface area contributed by atoms with Crippen LogP contribution < -0.4 is 20.3 Å². The number of hydrogen-bond donors (Lipinski definition) is 3. The second kappa shape index (κ2) is 13.9. The Hall–Kier alpha value is -3.77. The lowest BCUT2D eigenvalue weighted by molar-refractivity contribution is 0.0982. The number of likely N-dealkylation sites (N-methyl/N-ethyl adjacent to an activating group) is 1. The van der Waals surface area contributed by atoms with Gasteiger partial charge in [-0.1, -0.05) is 19.6 Å². The Kier molecular flexibility index (Phi) is 9.56. The molecule has 2 aliphatic heterocycles. The van der Waals surface area contributed by atoms with Gasteiger partial charge in [0.1, 0.15) is 11.3 Å². The zero-order valence-electron chi connectivity index (χ0n) is 25.9. The molecule has 2 saturated heterocycles. The van der Waals surface area contributed by atoms with E-state index < -0.39 is 0 Å². The van der Waals surface area contributed by atoms with Crippen molar-refractivity contribution in [1.82, 2.24) is 34.5 Å². The third kappa shape index (κ3) is 6.66. The maximum absolute atomic E-state index is 4.85. The van der Waals surface area contributed by atoms with Crippen LogP contribution in [0.2, 0.25) is 0 Å². The van der Waals surface area contributed by atoms with Crippen molar-refractivity contribution in [3.8, 4) is 0 Å². The third-order valence-corrected chi connectivity index (χ3v) is 9.49. The van der Waals surface area contributed by atoms with Crippen molar-refractivity contribution in [2.45, 2.75) is 37.1 Å². The highest BCUT2D eigenvalue weighted by molar-refractivity contribution is 7.97. The number of piperidine rings is 1. The number of benzene rings is 2. The Morgan fingerprint density at radius 1 is 0.977 bits per heavy atom. The number of nitrogens with zero attached hydrogens (tertiary/aromatic N) is 7. The normalized spacial score (nSPS) is 16.8. The molecule has 4 aromatic rings. The second-order valence-electron chi connectivity index (χ2n) is 11.4. The summed E-state index contributed by atoms with van der Waals surface area (Å²) in [6.07, 6.45) is 10.4. The van der Waals surface area contributed by atoms with Crippen molar-refractivity contribution in [3.63, 3.8) is 0 Å². The van der Waals surface area contributed by atoms with E-state index in [1.807, 2.05) is 19.2 Å². The summed E-state index contributed by atoms with van der Waals surface area (Å²) in [6.45, 7) is 13.2. The van der Waals surface area contributed by atoms with Gasteiger partial charge in [-0.3, -0.25) is 19.6 Å². The number of aromatic nitrogens is 4. The molecule has 0 aliphatic carbocycles. The summed E-state index contributed by atoms with van der Waals surface area (Å²) in [4.78, 5) is 27.1. The van der Waals surface area contributed by atoms with Crippen LogP contribution in [0.5, 0.6) is 0 Å². The number of rotatable bonds is 10. The molecule has 0 spiro atoms. The summed E-state index contributed by atoms with van der Waals surface area (Å²) in [6, 6.07) is 11.3. The van der Waals surface area contributed by atoms with Gasteiger partial charge in [-0.25, -0.2) is 4.98 Å². The molecule has 0 atom stereocenters. The molecule has 230 valence electrons. The molecule has 4 heterocycles. The van der Waals surface area contributed by atoms with E-state index in [1.54, 1.807) is 24.7 Å². The van der Waals surface area contributed by atoms with E-state index in [-0.39, 0.29) is 0 Å². The maximum atomic E-state index is 4.85. The van der Waals surface area contributed by atoms with Crippen molar-refractivity contribution < 1.29 is 0 Å². The molecule has 44 heavy (non-hydrogen) atoms. The van der Waals surface area contributed by atoms with Crippen LogP contribution in [0.25, 0.3) is 17.1 Å². The second-order valence-corrected chi connectivity index (χ2v) is 12.4. The lowest BCUT2D eigenvalue weighted by Crippen LogP contribution is -2.52. The van der Waals surface area contributed by atoms with E-state index in [1.165, 1.54) is 62.2 Å². The van der Waals surface area contributed by atoms with Gasteiger partial charge in [0.25, 0.3) is 0 Å². The van der Waals surface area contributed by atoms with Crippen LogP contribution in [0.4, 0.5) is 28.8 Å². The van der Waals surface area contributed by atoms with Gasteiger partial charge in [0.2, 0.25) is 5.95 Å². The first-order valence-electron chi connectivity index (χ1n) is 15.5. The van der Waals surface area contributed by atoms with Crippen LogP contribution in [-0.4, -0.2) is 89.1 Å². The number of hydrogen-bond acceptors (Lipinski definition) is 11. The number of aryl methyl sites for hydroxylation is 1. The minimum Gasteiger partial charge on any atom is -0.371 e. The molecule has 10 nitrogen and oxygen atoms in total. The van der Waals surface area contributed by atoms with E-state index in [0.29, 0.717) is 17.8 Å². The van der Waals surface area contributed by atoms with Gasteiger partial charge in [-0.15, -0.1) is 0 Å². The zero-order chi connectivity index (χ0) is 30.5. The van der Waals surface area contributed by atoms with Gasteiger partial charge in [0, 0.05) is 80.8 Å². The molecule has 2 aromatic carbocycles. The van der Waals surface area contributed by atoms with Crippen LogP contribution in [-0.2, 0) is 6.42 Å².